The number of nitrogens with zero attached hydrogens (tertiary/aromatic N) is 3. The first kappa shape index (κ1) is 11.9. The standard InChI is InChI=1S/C12H19N5/c1-3-13-5-4-6-14-12-11-9-10(2)16-17(11)8-7-15-12/h7-9,13H,3-6H2,1-2H3,(H,14,15). The van der Waals surface area contributed by atoms with Crippen molar-refractivity contribution in [3.63, 3.8) is 0 Å². The van der Waals surface area contributed by atoms with Crippen LogP contribution in [0, 0.1) is 6.92 Å². The van der Waals surface area contributed by atoms with Crippen molar-refractivity contribution >= 4 is 11.3 Å². The Kier molecular flexibility index (Phi) is 3.93. The molecule has 0 amide bonds. The molecule has 0 aromatic carbocycles. The molecule has 2 aromatic heterocycles. The van der Waals surface area contributed by atoms with Gasteiger partial charge >= 0.3 is 0 Å². The van der Waals surface area contributed by atoms with Gasteiger partial charge in [0, 0.05) is 18.9 Å². The Labute approximate surface area is 101 Å². The minimum absolute atomic E-state index is 0.907. The molecule has 0 unspecified atom stereocenters. The van der Waals surface area contributed by atoms with E-state index in [9.17, 15) is 0 Å². The van der Waals surface area contributed by atoms with E-state index in [0.717, 1.165) is 43.1 Å². The predicted molar refractivity (Wildman–Crippen MR) is 69.4 cm³/mol. The van der Waals surface area contributed by atoms with Gasteiger partial charge in [-0.3, -0.25) is 0 Å². The lowest BCUT2D eigenvalue weighted by Crippen LogP contribution is -2.17. The van der Waals surface area contributed by atoms with Crippen molar-refractivity contribution in [2.45, 2.75) is 20.3 Å². The maximum Gasteiger partial charge on any atom is 0.152 e. The zero-order chi connectivity index (χ0) is 12.1. The molecule has 2 aromatic rings. The second-order valence-electron chi connectivity index (χ2n) is 4.03. The van der Waals surface area contributed by atoms with Gasteiger partial charge in [0.05, 0.1) is 5.69 Å². The van der Waals surface area contributed by atoms with Crippen LogP contribution >= 0.6 is 0 Å². The van der Waals surface area contributed by atoms with E-state index >= 15 is 0 Å². The molecule has 0 aliphatic rings. The third kappa shape index (κ3) is 2.94. The summed E-state index contributed by atoms with van der Waals surface area (Å²) in [5, 5.41) is 11.0. The van der Waals surface area contributed by atoms with Crippen molar-refractivity contribution in [2.75, 3.05) is 25.0 Å². The Bertz CT molecular complexity index is 477. The van der Waals surface area contributed by atoms with Crippen LogP contribution in [0.3, 0.4) is 0 Å². The summed E-state index contributed by atoms with van der Waals surface area (Å²) in [6, 6.07) is 2.04. The van der Waals surface area contributed by atoms with Crippen LogP contribution in [0.25, 0.3) is 5.52 Å². The van der Waals surface area contributed by atoms with Crippen molar-refractivity contribution in [3.8, 4) is 0 Å². The van der Waals surface area contributed by atoms with E-state index in [1.54, 1.807) is 6.20 Å². The monoisotopic (exact) mass is 233 g/mol. The number of fused-ring (bicyclic) bond motifs is 1. The number of hydrogen-bond donors (Lipinski definition) is 2. The zero-order valence-corrected chi connectivity index (χ0v) is 10.4. The minimum atomic E-state index is 0.907. The van der Waals surface area contributed by atoms with Gasteiger partial charge in [-0.2, -0.15) is 5.10 Å². The number of anilines is 1. The zero-order valence-electron chi connectivity index (χ0n) is 10.4. The summed E-state index contributed by atoms with van der Waals surface area (Å²) in [6.45, 7) is 7.08. The molecule has 0 atom stereocenters. The fourth-order valence-corrected chi connectivity index (χ4v) is 1.78. The molecule has 0 radical (unpaired) electrons. The molecule has 2 N–H and O–H groups in total. The fourth-order valence-electron chi connectivity index (χ4n) is 1.78. The highest BCUT2D eigenvalue weighted by Gasteiger charge is 2.03. The second kappa shape index (κ2) is 5.63. The van der Waals surface area contributed by atoms with Crippen LogP contribution in [0.2, 0.25) is 0 Å². The maximum atomic E-state index is 4.36. The number of rotatable bonds is 6. The lowest BCUT2D eigenvalue weighted by Gasteiger charge is -2.06. The lowest BCUT2D eigenvalue weighted by atomic mass is 10.3. The van der Waals surface area contributed by atoms with Crippen LogP contribution in [0.1, 0.15) is 19.0 Å². The molecule has 0 saturated carbocycles. The predicted octanol–water partition coefficient (Wildman–Crippen LogP) is 1.45. The number of nitrogens with one attached hydrogen (secondary N) is 2. The molecule has 5 nitrogen and oxygen atoms in total. The van der Waals surface area contributed by atoms with Crippen LogP contribution in [-0.2, 0) is 0 Å². The molecule has 2 rings (SSSR count). The van der Waals surface area contributed by atoms with Gasteiger partial charge in [-0.05, 0) is 32.5 Å². The Hall–Kier alpha value is -1.62. The molecule has 92 valence electrons. The van der Waals surface area contributed by atoms with E-state index in [1.165, 1.54) is 0 Å². The van der Waals surface area contributed by atoms with Gasteiger partial charge in [-0.1, -0.05) is 6.92 Å². The first-order chi connectivity index (χ1) is 8.31. The second-order valence-corrected chi connectivity index (χ2v) is 4.03. The van der Waals surface area contributed by atoms with Crippen molar-refractivity contribution < 1.29 is 0 Å². The molecule has 0 aliphatic heterocycles. The molecule has 5 heteroatoms. The molecular formula is C12H19N5. The van der Waals surface area contributed by atoms with Crippen molar-refractivity contribution in [1.29, 1.82) is 0 Å². The highest BCUT2D eigenvalue weighted by atomic mass is 15.2. The van der Waals surface area contributed by atoms with Crippen LogP contribution in [0.5, 0.6) is 0 Å². The molecule has 0 bridgehead atoms. The topological polar surface area (TPSA) is 54.2 Å². The lowest BCUT2D eigenvalue weighted by molar-refractivity contribution is 0.688. The quantitative estimate of drug-likeness (QED) is 0.741. The van der Waals surface area contributed by atoms with Gasteiger partial charge in [0.25, 0.3) is 0 Å². The SMILES string of the molecule is CCNCCCNc1nccn2nc(C)cc12. The highest BCUT2D eigenvalue weighted by molar-refractivity contribution is 5.67. The fraction of sp³-hybridized carbons (Fsp3) is 0.500. The molecular weight excluding hydrogens is 214 g/mol. The van der Waals surface area contributed by atoms with Gasteiger partial charge < -0.3 is 10.6 Å². The molecule has 0 saturated heterocycles. The first-order valence-electron chi connectivity index (χ1n) is 6.07. The van der Waals surface area contributed by atoms with Crippen LogP contribution < -0.4 is 10.6 Å². The van der Waals surface area contributed by atoms with Gasteiger partial charge in [-0.25, -0.2) is 9.50 Å². The summed E-state index contributed by atoms with van der Waals surface area (Å²) < 4.78 is 1.86. The van der Waals surface area contributed by atoms with Gasteiger partial charge in [0.1, 0.15) is 5.52 Å². The number of aromatic nitrogens is 3. The number of hydrogen-bond acceptors (Lipinski definition) is 4. The Morgan fingerprint density at radius 2 is 2.24 bits per heavy atom. The van der Waals surface area contributed by atoms with Gasteiger partial charge in [0.2, 0.25) is 0 Å². The normalized spacial score (nSPS) is 10.9. The average Bonchev–Trinajstić information content (AvgIpc) is 2.70. The summed E-state index contributed by atoms with van der Waals surface area (Å²) in [5.74, 6) is 0.907. The first-order valence-corrected chi connectivity index (χ1v) is 6.07. The summed E-state index contributed by atoms with van der Waals surface area (Å²) >= 11 is 0. The summed E-state index contributed by atoms with van der Waals surface area (Å²) in [7, 11) is 0. The van der Waals surface area contributed by atoms with Crippen LogP contribution in [0.15, 0.2) is 18.5 Å². The van der Waals surface area contributed by atoms with E-state index in [-0.39, 0.29) is 0 Å². The van der Waals surface area contributed by atoms with Crippen molar-refractivity contribution in [2.24, 2.45) is 0 Å². The highest BCUT2D eigenvalue weighted by Crippen LogP contribution is 2.14. The Balaban J connectivity index is 1.98. The minimum Gasteiger partial charge on any atom is -0.368 e. The summed E-state index contributed by atoms with van der Waals surface area (Å²) in [5.41, 5.74) is 2.04. The van der Waals surface area contributed by atoms with E-state index in [1.807, 2.05) is 23.7 Å². The molecule has 2 heterocycles. The largest absolute Gasteiger partial charge is 0.368 e. The van der Waals surface area contributed by atoms with Crippen molar-refractivity contribution in [1.82, 2.24) is 19.9 Å². The smallest absolute Gasteiger partial charge is 0.152 e. The third-order valence-electron chi connectivity index (χ3n) is 2.58. The Morgan fingerprint density at radius 3 is 3.06 bits per heavy atom. The molecule has 0 aliphatic carbocycles. The third-order valence-corrected chi connectivity index (χ3v) is 2.58. The molecule has 17 heavy (non-hydrogen) atoms. The Morgan fingerprint density at radius 1 is 1.35 bits per heavy atom. The van der Waals surface area contributed by atoms with Crippen molar-refractivity contribution in [3.05, 3.63) is 24.2 Å². The summed E-state index contributed by atoms with van der Waals surface area (Å²) in [6.07, 6.45) is 4.72. The van der Waals surface area contributed by atoms with Crippen LogP contribution in [-0.4, -0.2) is 34.2 Å². The number of aryl methyl sites for hydroxylation is 1. The van der Waals surface area contributed by atoms with E-state index in [2.05, 4.69) is 27.6 Å². The molecule has 0 fully saturated rings. The van der Waals surface area contributed by atoms with Gasteiger partial charge in [0.15, 0.2) is 5.82 Å². The van der Waals surface area contributed by atoms with Gasteiger partial charge in [-0.15, -0.1) is 0 Å². The van der Waals surface area contributed by atoms with E-state index < -0.39 is 0 Å². The van der Waals surface area contributed by atoms with E-state index in [4.69, 9.17) is 0 Å². The maximum absolute atomic E-state index is 4.36. The molecule has 0 spiro atoms. The van der Waals surface area contributed by atoms with Crippen LogP contribution in [0.4, 0.5) is 5.82 Å². The van der Waals surface area contributed by atoms with E-state index in [0.29, 0.717) is 0 Å². The average molecular weight is 233 g/mol. The summed E-state index contributed by atoms with van der Waals surface area (Å²) in [4.78, 5) is 4.35.